The molecule has 50 heavy (non-hydrogen) atoms. The summed E-state index contributed by atoms with van der Waals surface area (Å²) in [6, 6.07) is 69.3. The standard InChI is InChI=1S/C48H38N2/c1-48(2,40-24-11-5-12-25-40)41-30-39(47-45(36-20-9-4-10-21-36)33-38-22-15-16-29-46(38)49-47)32-44(34-41)50(42-26-13-6-14-27-42)43-28-17-23-37(31-43)35-18-7-3-8-19-35/h3-34H,1-2H3. The predicted molar refractivity (Wildman–Crippen MR) is 211 cm³/mol. The quantitative estimate of drug-likeness (QED) is 0.164. The van der Waals surface area contributed by atoms with Crippen LogP contribution in [-0.4, -0.2) is 4.98 Å². The molecule has 0 amide bonds. The highest BCUT2D eigenvalue weighted by molar-refractivity contribution is 5.93. The van der Waals surface area contributed by atoms with Gasteiger partial charge in [0.25, 0.3) is 0 Å². The maximum atomic E-state index is 5.40. The zero-order chi connectivity index (χ0) is 33.9. The summed E-state index contributed by atoms with van der Waals surface area (Å²) in [7, 11) is 0. The van der Waals surface area contributed by atoms with Crippen LogP contribution < -0.4 is 4.90 Å². The van der Waals surface area contributed by atoms with Crippen molar-refractivity contribution >= 4 is 28.0 Å². The molecule has 0 N–H and O–H groups in total. The molecule has 0 spiro atoms. The Morgan fingerprint density at radius 1 is 0.400 bits per heavy atom. The van der Waals surface area contributed by atoms with Gasteiger partial charge in [-0.1, -0.05) is 153 Å². The molecule has 0 aliphatic rings. The molecule has 8 rings (SSSR count). The van der Waals surface area contributed by atoms with Crippen molar-refractivity contribution < 1.29 is 0 Å². The van der Waals surface area contributed by atoms with Gasteiger partial charge in [0, 0.05) is 39.0 Å². The molecule has 0 atom stereocenters. The molecule has 7 aromatic carbocycles. The summed E-state index contributed by atoms with van der Waals surface area (Å²) in [5.74, 6) is 0. The van der Waals surface area contributed by atoms with Crippen LogP contribution in [0.2, 0.25) is 0 Å². The second-order valence-corrected chi connectivity index (χ2v) is 13.3. The molecule has 0 saturated carbocycles. The maximum absolute atomic E-state index is 5.40. The van der Waals surface area contributed by atoms with Crippen molar-refractivity contribution in [2.75, 3.05) is 4.90 Å². The molecule has 0 bridgehead atoms. The van der Waals surface area contributed by atoms with Crippen molar-refractivity contribution in [2.24, 2.45) is 0 Å². The predicted octanol–water partition coefficient (Wildman–Crippen LogP) is 13.0. The van der Waals surface area contributed by atoms with E-state index in [0.29, 0.717) is 0 Å². The largest absolute Gasteiger partial charge is 0.310 e. The molecule has 0 saturated heterocycles. The van der Waals surface area contributed by atoms with Gasteiger partial charge in [0.2, 0.25) is 0 Å². The van der Waals surface area contributed by atoms with E-state index in [9.17, 15) is 0 Å². The van der Waals surface area contributed by atoms with E-state index in [4.69, 9.17) is 4.98 Å². The normalized spacial score (nSPS) is 11.4. The smallest absolute Gasteiger partial charge is 0.0788 e. The Kier molecular flexibility index (Phi) is 8.28. The van der Waals surface area contributed by atoms with Crippen LogP contribution in [0.4, 0.5) is 17.1 Å². The van der Waals surface area contributed by atoms with Crippen molar-refractivity contribution in [2.45, 2.75) is 19.3 Å². The highest BCUT2D eigenvalue weighted by atomic mass is 15.1. The van der Waals surface area contributed by atoms with E-state index < -0.39 is 0 Å². The minimum atomic E-state index is -0.288. The summed E-state index contributed by atoms with van der Waals surface area (Å²) in [5, 5.41) is 1.12. The summed E-state index contributed by atoms with van der Waals surface area (Å²) in [6.07, 6.45) is 0. The van der Waals surface area contributed by atoms with Gasteiger partial charge in [0.15, 0.2) is 0 Å². The average molecular weight is 643 g/mol. The van der Waals surface area contributed by atoms with E-state index in [2.05, 4.69) is 213 Å². The minimum absolute atomic E-state index is 0.288. The highest BCUT2D eigenvalue weighted by Gasteiger charge is 2.27. The van der Waals surface area contributed by atoms with E-state index in [0.717, 1.165) is 50.3 Å². The van der Waals surface area contributed by atoms with Crippen molar-refractivity contribution in [3.05, 3.63) is 205 Å². The topological polar surface area (TPSA) is 16.1 Å². The molecule has 0 aliphatic heterocycles. The lowest BCUT2D eigenvalue weighted by atomic mass is 9.77. The lowest BCUT2D eigenvalue weighted by Gasteiger charge is -2.31. The van der Waals surface area contributed by atoms with Gasteiger partial charge in [0.05, 0.1) is 11.2 Å². The fourth-order valence-electron chi connectivity index (χ4n) is 6.91. The van der Waals surface area contributed by atoms with Gasteiger partial charge in [-0.3, -0.25) is 0 Å². The van der Waals surface area contributed by atoms with Crippen molar-refractivity contribution in [3.8, 4) is 33.5 Å². The van der Waals surface area contributed by atoms with Crippen LogP contribution in [-0.2, 0) is 5.41 Å². The summed E-state index contributed by atoms with van der Waals surface area (Å²) < 4.78 is 0. The molecule has 0 radical (unpaired) electrons. The molecule has 8 aromatic rings. The maximum Gasteiger partial charge on any atom is 0.0788 e. The van der Waals surface area contributed by atoms with Crippen LogP contribution in [0.1, 0.15) is 25.0 Å². The van der Waals surface area contributed by atoms with E-state index in [1.165, 1.54) is 22.3 Å². The number of benzene rings is 7. The van der Waals surface area contributed by atoms with Crippen LogP contribution in [0.25, 0.3) is 44.4 Å². The zero-order valence-corrected chi connectivity index (χ0v) is 28.4. The van der Waals surface area contributed by atoms with Crippen molar-refractivity contribution in [1.29, 1.82) is 0 Å². The third-order valence-corrected chi connectivity index (χ3v) is 9.70. The van der Waals surface area contributed by atoms with Gasteiger partial charge >= 0.3 is 0 Å². The van der Waals surface area contributed by atoms with Crippen molar-refractivity contribution in [3.63, 3.8) is 0 Å². The van der Waals surface area contributed by atoms with Gasteiger partial charge in [-0.15, -0.1) is 0 Å². The Morgan fingerprint density at radius 2 is 0.960 bits per heavy atom. The number of fused-ring (bicyclic) bond motifs is 1. The number of hydrogen-bond acceptors (Lipinski definition) is 2. The Labute approximate surface area is 295 Å². The molecule has 1 aromatic heterocycles. The summed E-state index contributed by atoms with van der Waals surface area (Å²) in [6.45, 7) is 4.64. The third-order valence-electron chi connectivity index (χ3n) is 9.70. The Hall–Kier alpha value is -6.25. The molecule has 2 heteroatoms. The minimum Gasteiger partial charge on any atom is -0.310 e. The average Bonchev–Trinajstić information content (AvgIpc) is 3.19. The second kappa shape index (κ2) is 13.3. The van der Waals surface area contributed by atoms with E-state index in [-0.39, 0.29) is 5.41 Å². The van der Waals surface area contributed by atoms with Crippen molar-refractivity contribution in [1.82, 2.24) is 4.98 Å². The monoisotopic (exact) mass is 642 g/mol. The zero-order valence-electron chi connectivity index (χ0n) is 28.4. The first-order valence-electron chi connectivity index (χ1n) is 17.2. The fourth-order valence-corrected chi connectivity index (χ4v) is 6.91. The first-order chi connectivity index (χ1) is 24.5. The molecular weight excluding hydrogens is 605 g/mol. The third kappa shape index (κ3) is 6.08. The molecular formula is C48H38N2. The Bertz CT molecular complexity index is 2380. The Balaban J connectivity index is 1.41. The number of hydrogen-bond donors (Lipinski definition) is 0. The van der Waals surface area contributed by atoms with E-state index in [1.807, 2.05) is 0 Å². The first-order valence-corrected chi connectivity index (χ1v) is 17.2. The van der Waals surface area contributed by atoms with Gasteiger partial charge in [-0.05, 0) is 82.4 Å². The lowest BCUT2D eigenvalue weighted by Crippen LogP contribution is -2.20. The fraction of sp³-hybridized carbons (Fsp3) is 0.0625. The highest BCUT2D eigenvalue weighted by Crippen LogP contribution is 2.44. The molecule has 1 heterocycles. The Morgan fingerprint density at radius 3 is 1.68 bits per heavy atom. The van der Waals surface area contributed by atoms with E-state index in [1.54, 1.807) is 0 Å². The number of rotatable bonds is 8. The first kappa shape index (κ1) is 31.0. The molecule has 2 nitrogen and oxygen atoms in total. The van der Waals surface area contributed by atoms with Crippen LogP contribution >= 0.6 is 0 Å². The second-order valence-electron chi connectivity index (χ2n) is 13.3. The molecule has 240 valence electrons. The molecule has 0 aliphatic carbocycles. The van der Waals surface area contributed by atoms with E-state index >= 15 is 0 Å². The molecule has 0 unspecified atom stereocenters. The SMILES string of the molecule is CC(C)(c1ccccc1)c1cc(-c2nc3ccccc3cc2-c2ccccc2)cc(N(c2ccccc2)c2cccc(-c3ccccc3)c2)c1. The number of pyridine rings is 1. The van der Waals surface area contributed by atoms with Gasteiger partial charge < -0.3 is 4.90 Å². The number of anilines is 3. The number of aromatic nitrogens is 1. The van der Waals surface area contributed by atoms with Crippen LogP contribution in [0.3, 0.4) is 0 Å². The number of para-hydroxylation sites is 2. The van der Waals surface area contributed by atoms with Gasteiger partial charge in [0.1, 0.15) is 0 Å². The number of nitrogens with zero attached hydrogens (tertiary/aromatic N) is 2. The van der Waals surface area contributed by atoms with Crippen LogP contribution in [0.5, 0.6) is 0 Å². The lowest BCUT2D eigenvalue weighted by molar-refractivity contribution is 0.641. The summed E-state index contributed by atoms with van der Waals surface area (Å²) in [4.78, 5) is 7.78. The van der Waals surface area contributed by atoms with Crippen LogP contribution in [0.15, 0.2) is 194 Å². The van der Waals surface area contributed by atoms with Gasteiger partial charge in [-0.25, -0.2) is 4.98 Å². The summed E-state index contributed by atoms with van der Waals surface area (Å²) in [5.41, 5.74) is 13.1. The molecule has 0 fully saturated rings. The van der Waals surface area contributed by atoms with Crippen LogP contribution in [0, 0.1) is 0 Å². The summed E-state index contributed by atoms with van der Waals surface area (Å²) >= 11 is 0. The van der Waals surface area contributed by atoms with Gasteiger partial charge in [-0.2, -0.15) is 0 Å².